The number of primary amides is 2. The highest BCUT2D eigenvalue weighted by Crippen LogP contribution is 2.28. The molecule has 7 heterocycles. The number of para-hydroxylation sites is 2. The van der Waals surface area contributed by atoms with Crippen molar-refractivity contribution in [3.8, 4) is 5.75 Å². The summed E-state index contributed by atoms with van der Waals surface area (Å²) in [6, 6.07) is -1.81. The fourth-order valence-corrected chi connectivity index (χ4v) is 18.2. The molecule has 23 N–H and O–H groups in total. The maximum Gasteiger partial charge on any atom is 0.246 e. The van der Waals surface area contributed by atoms with Gasteiger partial charge < -0.3 is 130 Å². The largest absolute Gasteiger partial charge is 0.508 e. The van der Waals surface area contributed by atoms with E-state index in [1.54, 1.807) is 74.8 Å². The number of fused-ring (bicyclic) bond motifs is 5. The molecule has 3 aromatic heterocycles. The number of piperazine rings is 1. The Bertz CT molecular complexity index is 5190. The molecule has 0 aliphatic carbocycles. The summed E-state index contributed by atoms with van der Waals surface area (Å²) in [5.41, 5.74) is 20.2. The minimum absolute atomic E-state index is 0.00338. The van der Waals surface area contributed by atoms with Gasteiger partial charge in [0.05, 0.1) is 43.5 Å². The van der Waals surface area contributed by atoms with Crippen LogP contribution in [-0.2, 0) is 107 Å². The minimum atomic E-state index is -1.88. The number of aromatic nitrogens is 4. The molecule has 10 rings (SSSR count). The maximum absolute atomic E-state index is 15.7. The topological polar surface area (TPSA) is 638 Å². The van der Waals surface area contributed by atoms with Crippen molar-refractivity contribution in [1.29, 1.82) is 0 Å². The molecule has 0 radical (unpaired) electrons. The highest BCUT2D eigenvalue weighted by Gasteiger charge is 2.47. The summed E-state index contributed by atoms with van der Waals surface area (Å²) in [5.74, 6) is -17.1. The van der Waals surface area contributed by atoms with E-state index < -0.39 is 229 Å². The molecule has 4 aliphatic heterocycles. The summed E-state index contributed by atoms with van der Waals surface area (Å²) in [6.07, 6.45) is 4.11. The third kappa shape index (κ3) is 28.3. The van der Waals surface area contributed by atoms with Crippen LogP contribution in [0.1, 0.15) is 134 Å². The van der Waals surface area contributed by atoms with Gasteiger partial charge in [0.1, 0.15) is 90.3 Å². The number of aliphatic hydroxyl groups is 2. The Morgan fingerprint density at radius 2 is 1.09 bits per heavy atom. The number of amides is 17. The summed E-state index contributed by atoms with van der Waals surface area (Å²) < 4.78 is 0. The van der Waals surface area contributed by atoms with E-state index in [2.05, 4.69) is 78.4 Å². The first-order chi connectivity index (χ1) is 64.6. The van der Waals surface area contributed by atoms with Crippen LogP contribution >= 0.6 is 11.8 Å². The van der Waals surface area contributed by atoms with Crippen LogP contribution in [0.25, 0.3) is 21.8 Å². The van der Waals surface area contributed by atoms with E-state index in [0.717, 1.165) is 31.4 Å². The number of aliphatic hydroxyl groups excluding tert-OH is 2. The number of unbranched alkanes of at least 4 members (excludes halogenated alkanes) is 2. The zero-order valence-corrected chi connectivity index (χ0v) is 77.5. The van der Waals surface area contributed by atoms with Crippen LogP contribution in [0.5, 0.6) is 5.75 Å². The number of H-pyrrole nitrogens is 3. The standard InChI is InChI=1S/C91H127N23O20S/c1-7-9-22-70-83(126)102-61(21-15-29-92)79(122)109-69(78(121)99-44-76(94)119)47-135-48-77(120)101-65(34-51-25-27-55(116)28-26-51)88(131)113-32-30-95-43-74(113)86(129)107-67(39-75(93)118)89(132)112-31-16-24-71(112)84(127)104-63(37-54-42-96-49-100-54)81(124)105-64(33-50(3)4)90(133)114-45-56(117)38-73(114)85(128)103-62(35-52-40-97-59-19-13-11-17-57(52)59)80(123)108-68(46-115)82(125)106-66(36-53-41-98-60-20-14-12-18-58(53)60)87(130)111(6)72(23-10-8-2)91(134)110(70)5/h11-14,17-20,25-28,40-42,49-50,56,61-74,95,97-98,115-117H,7-10,15-16,21-24,29-39,43-48,92H2,1-6H3,(H2,93,118)(H2,94,119)(H,96,100)(H,99,121)(H,101,120)(H,102,126)(H,103,128)(H,104,127)(H,105,124)(H,106,125)(H,107,129)(H,108,123)(H,109,122)/t56-,61+,62+,63+,64?,65+,66+,67+,68+,69+,70+,71+,72+,73+,74+/m1/s1. The fourth-order valence-electron chi connectivity index (χ4n) is 17.3. The zero-order chi connectivity index (χ0) is 97.9. The van der Waals surface area contributed by atoms with E-state index in [4.69, 9.17) is 17.2 Å². The predicted molar refractivity (Wildman–Crippen MR) is 495 cm³/mol. The van der Waals surface area contributed by atoms with Crippen LogP contribution in [-0.4, -0.2) is 329 Å². The van der Waals surface area contributed by atoms with Gasteiger partial charge in [-0.05, 0) is 98.4 Å². The number of hydrogen-bond acceptors (Lipinski definition) is 24. The summed E-state index contributed by atoms with van der Waals surface area (Å²) in [7, 11) is 2.72. The second-order valence-electron chi connectivity index (χ2n) is 35.0. The van der Waals surface area contributed by atoms with Gasteiger partial charge >= 0.3 is 0 Å². The Morgan fingerprint density at radius 1 is 0.548 bits per heavy atom. The molecule has 15 atom stereocenters. The molecule has 1 unspecified atom stereocenters. The highest BCUT2D eigenvalue weighted by molar-refractivity contribution is 8.00. The number of rotatable bonds is 25. The van der Waals surface area contributed by atoms with E-state index in [0.29, 0.717) is 64.2 Å². The lowest BCUT2D eigenvalue weighted by Gasteiger charge is -2.38. The lowest BCUT2D eigenvalue weighted by Crippen LogP contribution is -2.65. The van der Waals surface area contributed by atoms with Crippen LogP contribution in [0.15, 0.2) is 97.7 Å². The molecule has 17 amide bonds. The normalized spacial score (nSPS) is 25.3. The molecule has 3 aromatic carbocycles. The molecule has 4 saturated heterocycles. The number of benzene rings is 3. The number of thioether (sulfide) groups is 1. The van der Waals surface area contributed by atoms with Crippen molar-refractivity contribution >= 4 is 134 Å². The van der Waals surface area contributed by atoms with Crippen LogP contribution < -0.4 is 75.7 Å². The van der Waals surface area contributed by atoms with Crippen LogP contribution in [0.3, 0.4) is 0 Å². The molecule has 6 aromatic rings. The number of carbonyl (C=O) groups is 17. The molecule has 43 nitrogen and oxygen atoms in total. The SMILES string of the molecule is CCCC[C@H]1C(=O)N(C)[C@@H](CCCC)C(=O)N[C@@H](CCCN)C(=O)N[C@H](C(=O)NCC(N)=O)CSCC(=O)N[C@@H](Cc2ccc(O)cc2)C(=O)N2CCNC[C@H]2C(=O)N[C@@H](CC(N)=O)C(=O)N2CCC[C@H]2C(=O)N[C@@H](Cc2c[nH]cn2)C(=O)NC(CC(C)C)C(=O)N2C[C@H](O)C[C@H]2C(=O)N[C@@H](Cc2c[nH]c3ccccc23)C(=O)N[C@@H](CO)C(=O)N[C@@H](Cc2c[nH]c3ccccc23)C(=O)N1C. The number of phenolic OH excluding ortho intramolecular Hbond substituents is 1. The van der Waals surface area contributed by atoms with E-state index in [1.165, 1.54) is 55.8 Å². The highest BCUT2D eigenvalue weighted by atomic mass is 32.2. The molecule has 0 spiro atoms. The van der Waals surface area contributed by atoms with Crippen LogP contribution in [0.2, 0.25) is 0 Å². The Hall–Kier alpha value is -13.1. The van der Waals surface area contributed by atoms with E-state index in [-0.39, 0.29) is 127 Å². The van der Waals surface area contributed by atoms with Crippen LogP contribution in [0.4, 0.5) is 0 Å². The van der Waals surface area contributed by atoms with Gasteiger partial charge in [0.15, 0.2) is 0 Å². The van der Waals surface area contributed by atoms with Crippen molar-refractivity contribution in [3.05, 3.63) is 120 Å². The minimum Gasteiger partial charge on any atom is -0.508 e. The fraction of sp³-hybridized carbons (Fsp3) is 0.538. The van der Waals surface area contributed by atoms with E-state index in [9.17, 15) is 48.9 Å². The smallest absolute Gasteiger partial charge is 0.246 e. The number of likely N-dealkylation sites (N-methyl/N-ethyl adjacent to an activating group) is 2. The summed E-state index contributed by atoms with van der Waals surface area (Å²) in [4.78, 5) is 271. The molecule has 0 saturated carbocycles. The second-order valence-corrected chi connectivity index (χ2v) is 36.1. The number of phenols is 1. The third-order valence-electron chi connectivity index (χ3n) is 24.5. The monoisotopic (exact) mass is 1890 g/mol. The molecular formula is C91H127N23O20S. The van der Waals surface area contributed by atoms with E-state index in [1.807, 2.05) is 13.8 Å². The number of aromatic amines is 3. The van der Waals surface area contributed by atoms with Gasteiger partial charge in [0.25, 0.3) is 0 Å². The third-order valence-corrected chi connectivity index (χ3v) is 25.6. The van der Waals surface area contributed by atoms with Crippen molar-refractivity contribution in [2.75, 3.05) is 78.0 Å². The summed E-state index contributed by atoms with van der Waals surface area (Å²) >= 11 is 0.792. The Kier molecular flexibility index (Phi) is 38.4. The van der Waals surface area contributed by atoms with Gasteiger partial charge in [0.2, 0.25) is 100 Å². The molecule has 135 heavy (non-hydrogen) atoms. The van der Waals surface area contributed by atoms with Crippen molar-refractivity contribution < 1.29 is 96.8 Å². The number of aromatic hydroxyl groups is 1. The first-order valence-electron chi connectivity index (χ1n) is 45.7. The molecule has 4 fully saturated rings. The van der Waals surface area contributed by atoms with Gasteiger partial charge in [-0.3, -0.25) is 81.5 Å². The Balaban J connectivity index is 1.02. The lowest BCUT2D eigenvalue weighted by molar-refractivity contribution is -0.149. The zero-order valence-electron chi connectivity index (χ0n) is 76.7. The summed E-state index contributed by atoms with van der Waals surface area (Å²) in [5, 5.41) is 64.0. The number of nitrogens with zero attached hydrogens (tertiary/aromatic N) is 6. The molecule has 4 aliphatic rings. The van der Waals surface area contributed by atoms with Gasteiger partial charge in [0, 0.05) is 125 Å². The Morgan fingerprint density at radius 3 is 1.70 bits per heavy atom. The number of hydrogen-bond donors (Lipinski definition) is 20. The first-order valence-corrected chi connectivity index (χ1v) is 46.9. The van der Waals surface area contributed by atoms with Gasteiger partial charge in [-0.25, -0.2) is 4.98 Å². The van der Waals surface area contributed by atoms with Crippen molar-refractivity contribution in [2.24, 2.45) is 23.1 Å². The van der Waals surface area contributed by atoms with Gasteiger partial charge in [-0.1, -0.05) is 102 Å². The van der Waals surface area contributed by atoms with Gasteiger partial charge in [-0.2, -0.15) is 0 Å². The van der Waals surface area contributed by atoms with Crippen molar-refractivity contribution in [2.45, 2.75) is 228 Å². The average Bonchev–Trinajstić information content (AvgIpc) is 1.43. The molecular weight excluding hydrogens is 1770 g/mol. The maximum atomic E-state index is 15.7. The summed E-state index contributed by atoms with van der Waals surface area (Å²) in [6.45, 7) is 4.53. The number of carbonyl (C=O) groups excluding carboxylic acids is 17. The lowest BCUT2D eigenvalue weighted by atomic mass is 10.00. The molecule has 732 valence electrons. The Labute approximate surface area is 784 Å². The molecule has 44 heteroatoms. The average molecular weight is 1900 g/mol. The number of imidazole rings is 1. The first kappa shape index (κ1) is 104. The van der Waals surface area contributed by atoms with Gasteiger partial charge in [-0.15, -0.1) is 11.8 Å². The van der Waals surface area contributed by atoms with Crippen molar-refractivity contribution in [1.82, 2.24) is 103 Å². The molecule has 0 bridgehead atoms. The number of nitrogens with two attached hydrogens (primary N) is 3. The van der Waals surface area contributed by atoms with E-state index >= 15 is 47.9 Å². The van der Waals surface area contributed by atoms with Crippen LogP contribution in [0, 0.1) is 5.92 Å². The number of nitrogens with one attached hydrogen (secondary N) is 14. The second kappa shape index (κ2) is 49.8. The quantitative estimate of drug-likeness (QED) is 0.0264. The predicted octanol–water partition coefficient (Wildman–Crippen LogP) is -3.50. The van der Waals surface area contributed by atoms with Crippen molar-refractivity contribution in [3.63, 3.8) is 0 Å².